The van der Waals surface area contributed by atoms with Gasteiger partial charge in [-0.15, -0.1) is 0 Å². The van der Waals surface area contributed by atoms with Crippen molar-refractivity contribution >= 4 is 6.03 Å². The summed E-state index contributed by atoms with van der Waals surface area (Å²) in [5.74, 6) is 0. The summed E-state index contributed by atoms with van der Waals surface area (Å²) in [6, 6.07) is -0.0693. The number of carbonyl (C=O) groups is 1. The molecule has 1 fully saturated rings. The predicted molar refractivity (Wildman–Crippen MR) is 96.6 cm³/mol. The summed E-state index contributed by atoms with van der Waals surface area (Å²) in [5.41, 5.74) is 0.0892. The van der Waals surface area contributed by atoms with E-state index in [1.54, 1.807) is 0 Å². The Morgan fingerprint density at radius 1 is 1.13 bits per heavy atom. The molecule has 0 aromatic carbocycles. The van der Waals surface area contributed by atoms with Gasteiger partial charge in [-0.05, 0) is 24.7 Å². The van der Waals surface area contributed by atoms with Crippen molar-refractivity contribution in [3.05, 3.63) is 0 Å². The second-order valence-corrected chi connectivity index (χ2v) is 8.30. The molecule has 2 unspecified atom stereocenters. The minimum atomic E-state index is -0.381. The molecule has 4 nitrogen and oxygen atoms in total. The predicted octanol–water partition coefficient (Wildman–Crippen LogP) is 4.32. The largest absolute Gasteiger partial charge is 0.391 e. The molecule has 4 heteroatoms. The van der Waals surface area contributed by atoms with E-state index in [0.717, 1.165) is 45.2 Å². The Hall–Kier alpha value is -0.770. The van der Waals surface area contributed by atoms with Crippen LogP contribution in [-0.2, 0) is 0 Å². The number of hydrogen-bond acceptors (Lipinski definition) is 2. The zero-order valence-corrected chi connectivity index (χ0v) is 15.7. The van der Waals surface area contributed by atoms with Crippen LogP contribution in [0.3, 0.4) is 0 Å². The van der Waals surface area contributed by atoms with Crippen LogP contribution in [0.5, 0.6) is 0 Å². The Labute approximate surface area is 143 Å². The normalized spacial score (nSPS) is 22.0. The molecule has 1 aliphatic carbocycles. The SMILES string of the molecule is CCCCCCCN(CC(C)(C)C)C(=O)NC1CCCCC1O. The van der Waals surface area contributed by atoms with Gasteiger partial charge in [0.25, 0.3) is 0 Å². The van der Waals surface area contributed by atoms with Crippen LogP contribution in [0.2, 0.25) is 0 Å². The standard InChI is InChI=1S/C19H38N2O2/c1-5-6-7-8-11-14-21(15-19(2,3)4)18(23)20-16-12-9-10-13-17(16)22/h16-17,22H,5-15H2,1-4H3,(H,20,23). The van der Waals surface area contributed by atoms with Crippen molar-refractivity contribution in [1.29, 1.82) is 0 Å². The third-order valence-corrected chi connectivity index (χ3v) is 4.52. The number of rotatable bonds is 8. The van der Waals surface area contributed by atoms with Crippen molar-refractivity contribution in [2.75, 3.05) is 13.1 Å². The van der Waals surface area contributed by atoms with Gasteiger partial charge in [0.15, 0.2) is 0 Å². The van der Waals surface area contributed by atoms with Crippen LogP contribution < -0.4 is 5.32 Å². The summed E-state index contributed by atoms with van der Waals surface area (Å²) in [5, 5.41) is 13.2. The van der Waals surface area contributed by atoms with E-state index in [2.05, 4.69) is 33.0 Å². The van der Waals surface area contributed by atoms with E-state index in [-0.39, 0.29) is 23.6 Å². The lowest BCUT2D eigenvalue weighted by Crippen LogP contribution is -2.52. The summed E-state index contributed by atoms with van der Waals surface area (Å²) < 4.78 is 0. The van der Waals surface area contributed by atoms with Crippen LogP contribution in [0.4, 0.5) is 4.79 Å². The lowest BCUT2D eigenvalue weighted by molar-refractivity contribution is 0.0877. The Bertz CT molecular complexity index is 339. The van der Waals surface area contributed by atoms with Gasteiger partial charge < -0.3 is 15.3 Å². The van der Waals surface area contributed by atoms with Gasteiger partial charge >= 0.3 is 6.03 Å². The highest BCUT2D eigenvalue weighted by molar-refractivity contribution is 5.74. The van der Waals surface area contributed by atoms with E-state index in [0.29, 0.717) is 0 Å². The molecule has 0 aromatic rings. The third kappa shape index (κ3) is 8.59. The van der Waals surface area contributed by atoms with Crippen LogP contribution in [0.15, 0.2) is 0 Å². The lowest BCUT2D eigenvalue weighted by atomic mass is 9.92. The molecule has 23 heavy (non-hydrogen) atoms. The maximum Gasteiger partial charge on any atom is 0.317 e. The first kappa shape index (κ1) is 20.3. The number of carbonyl (C=O) groups excluding carboxylic acids is 1. The van der Waals surface area contributed by atoms with E-state index in [1.165, 1.54) is 25.7 Å². The Balaban J connectivity index is 2.50. The molecule has 1 rings (SSSR count). The molecule has 1 aliphatic rings. The van der Waals surface area contributed by atoms with Gasteiger partial charge in [0, 0.05) is 13.1 Å². The minimum Gasteiger partial charge on any atom is -0.391 e. The molecule has 0 radical (unpaired) electrons. The topological polar surface area (TPSA) is 52.6 Å². The second-order valence-electron chi connectivity index (χ2n) is 8.30. The van der Waals surface area contributed by atoms with Gasteiger partial charge in [0.1, 0.15) is 0 Å². The molecule has 2 N–H and O–H groups in total. The highest BCUT2D eigenvalue weighted by Gasteiger charge is 2.27. The maximum absolute atomic E-state index is 12.7. The fourth-order valence-electron chi connectivity index (χ4n) is 3.26. The van der Waals surface area contributed by atoms with Crippen LogP contribution in [0.25, 0.3) is 0 Å². The fourth-order valence-corrected chi connectivity index (χ4v) is 3.26. The number of amides is 2. The van der Waals surface area contributed by atoms with Crippen molar-refractivity contribution in [3.8, 4) is 0 Å². The van der Waals surface area contributed by atoms with Crippen molar-refractivity contribution in [3.63, 3.8) is 0 Å². The zero-order valence-electron chi connectivity index (χ0n) is 15.7. The first-order chi connectivity index (χ1) is 10.8. The quantitative estimate of drug-likeness (QED) is 0.653. The molecular formula is C19H38N2O2. The highest BCUT2D eigenvalue weighted by atomic mass is 16.3. The average molecular weight is 327 g/mol. The molecule has 1 saturated carbocycles. The highest BCUT2D eigenvalue weighted by Crippen LogP contribution is 2.20. The Morgan fingerprint density at radius 3 is 2.39 bits per heavy atom. The molecule has 2 atom stereocenters. The number of nitrogens with zero attached hydrogens (tertiary/aromatic N) is 1. The van der Waals surface area contributed by atoms with Crippen molar-refractivity contribution in [2.45, 2.75) is 97.6 Å². The van der Waals surface area contributed by atoms with Gasteiger partial charge in [0.05, 0.1) is 12.1 Å². The van der Waals surface area contributed by atoms with E-state index in [9.17, 15) is 9.90 Å². The molecule has 0 heterocycles. The molecule has 0 bridgehead atoms. The molecular weight excluding hydrogens is 288 g/mol. The first-order valence-electron chi connectivity index (χ1n) is 9.57. The van der Waals surface area contributed by atoms with E-state index >= 15 is 0 Å². The van der Waals surface area contributed by atoms with E-state index in [1.807, 2.05) is 4.90 Å². The van der Waals surface area contributed by atoms with Gasteiger partial charge in [-0.3, -0.25) is 0 Å². The summed E-state index contributed by atoms with van der Waals surface area (Å²) in [6.45, 7) is 10.3. The molecule has 136 valence electrons. The second kappa shape index (κ2) is 10.2. The smallest absolute Gasteiger partial charge is 0.317 e. The summed E-state index contributed by atoms with van der Waals surface area (Å²) in [6.07, 6.45) is 9.51. The van der Waals surface area contributed by atoms with Gasteiger partial charge in [-0.2, -0.15) is 0 Å². The van der Waals surface area contributed by atoms with Crippen LogP contribution in [-0.4, -0.2) is 41.3 Å². The Kier molecular flexibility index (Phi) is 8.96. The Morgan fingerprint density at radius 2 is 1.78 bits per heavy atom. The molecule has 0 saturated heterocycles. The number of unbranched alkanes of at least 4 members (excludes halogenated alkanes) is 4. The van der Waals surface area contributed by atoms with Crippen LogP contribution in [0, 0.1) is 5.41 Å². The maximum atomic E-state index is 12.7. The van der Waals surface area contributed by atoms with E-state index < -0.39 is 0 Å². The third-order valence-electron chi connectivity index (χ3n) is 4.52. The van der Waals surface area contributed by atoms with Crippen molar-refractivity contribution < 1.29 is 9.90 Å². The van der Waals surface area contributed by atoms with Crippen molar-refractivity contribution in [1.82, 2.24) is 10.2 Å². The lowest BCUT2D eigenvalue weighted by Gasteiger charge is -2.34. The molecule has 0 aliphatic heterocycles. The molecule has 0 spiro atoms. The number of nitrogens with one attached hydrogen (secondary N) is 1. The van der Waals surface area contributed by atoms with Crippen LogP contribution >= 0.6 is 0 Å². The average Bonchev–Trinajstić information content (AvgIpc) is 2.47. The zero-order chi connectivity index (χ0) is 17.3. The van der Waals surface area contributed by atoms with E-state index in [4.69, 9.17) is 0 Å². The van der Waals surface area contributed by atoms with Gasteiger partial charge in [0.2, 0.25) is 0 Å². The van der Waals surface area contributed by atoms with Crippen LogP contribution in [0.1, 0.15) is 85.5 Å². The number of urea groups is 1. The molecule has 0 aromatic heterocycles. The summed E-state index contributed by atoms with van der Waals surface area (Å²) in [4.78, 5) is 14.6. The first-order valence-corrected chi connectivity index (χ1v) is 9.57. The molecule has 2 amide bonds. The van der Waals surface area contributed by atoms with Crippen molar-refractivity contribution in [2.24, 2.45) is 5.41 Å². The summed E-state index contributed by atoms with van der Waals surface area (Å²) >= 11 is 0. The van der Waals surface area contributed by atoms with Gasteiger partial charge in [-0.1, -0.05) is 66.2 Å². The number of aliphatic hydroxyl groups excluding tert-OH is 1. The minimum absolute atomic E-state index is 0.00127. The summed E-state index contributed by atoms with van der Waals surface area (Å²) in [7, 11) is 0. The fraction of sp³-hybridized carbons (Fsp3) is 0.947. The number of aliphatic hydroxyl groups is 1. The van der Waals surface area contributed by atoms with Gasteiger partial charge in [-0.25, -0.2) is 4.79 Å². The number of hydrogen-bond donors (Lipinski definition) is 2. The monoisotopic (exact) mass is 326 g/mol.